The van der Waals surface area contributed by atoms with Crippen molar-refractivity contribution in [3.05, 3.63) is 73.8 Å². The first-order chi connectivity index (χ1) is 16.6. The second-order valence-electron chi connectivity index (χ2n) is 7.24. The Morgan fingerprint density at radius 3 is 1.53 bits per heavy atom. The van der Waals surface area contributed by atoms with Crippen LogP contribution in [0.15, 0.2) is 84.1 Å². The number of unbranched alkanes of at least 4 members (excludes halogenated alkanes) is 2. The molecule has 8 heteroatoms. The molecule has 2 aromatic rings. The molecule has 180 valence electrons. The summed E-state index contributed by atoms with van der Waals surface area (Å²) in [6.07, 6.45) is 5.69. The number of nitrogens with zero attached hydrogens (tertiary/aromatic N) is 2. The number of amides is 2. The Morgan fingerprint density at radius 2 is 1.12 bits per heavy atom. The lowest BCUT2D eigenvalue weighted by Crippen LogP contribution is -2.22. The number of nitrogens with one attached hydrogen (secondary N) is 2. The Hall–Kier alpha value is -3.94. The van der Waals surface area contributed by atoms with Gasteiger partial charge in [-0.25, -0.2) is 0 Å². The smallest absolute Gasteiger partial charge is 0.243 e. The minimum absolute atomic E-state index is 0.173. The zero-order chi connectivity index (χ0) is 24.4. The third kappa shape index (κ3) is 10.1. The highest BCUT2D eigenvalue weighted by molar-refractivity contribution is 5.87. The minimum Gasteiger partial charge on any atom is -0.491 e. The highest BCUT2D eigenvalue weighted by Gasteiger charge is 2.05. The van der Waals surface area contributed by atoms with E-state index in [1.165, 1.54) is 12.2 Å². The second-order valence-corrected chi connectivity index (χ2v) is 7.24. The Morgan fingerprint density at radius 1 is 0.706 bits per heavy atom. The van der Waals surface area contributed by atoms with Crippen molar-refractivity contribution in [3.63, 3.8) is 0 Å². The number of hydrogen-bond donors (Lipinski definition) is 2. The van der Waals surface area contributed by atoms with Crippen LogP contribution in [0.5, 0.6) is 11.5 Å². The van der Waals surface area contributed by atoms with Gasteiger partial charge < -0.3 is 20.1 Å². The van der Waals surface area contributed by atoms with Gasteiger partial charge in [0.2, 0.25) is 11.8 Å². The molecule has 0 aliphatic heterocycles. The molecule has 0 saturated carbocycles. The minimum atomic E-state index is -0.173. The first kappa shape index (κ1) is 26.3. The second kappa shape index (κ2) is 15.8. The topological polar surface area (TPSA) is 101 Å². The Bertz CT molecular complexity index is 897. The van der Waals surface area contributed by atoms with E-state index in [1.807, 2.05) is 48.5 Å². The highest BCUT2D eigenvalue weighted by Crippen LogP contribution is 2.32. The molecule has 0 aromatic heterocycles. The molecular weight excluding hydrogens is 432 g/mol. The first-order valence-electron chi connectivity index (χ1n) is 11.3. The van der Waals surface area contributed by atoms with Crippen molar-refractivity contribution in [1.82, 2.24) is 10.6 Å². The Kier molecular flexibility index (Phi) is 12.2. The van der Waals surface area contributed by atoms with Gasteiger partial charge in [-0.05, 0) is 62.1 Å². The molecule has 0 radical (unpaired) electrons. The normalized spacial score (nSPS) is 10.5. The van der Waals surface area contributed by atoms with Crippen molar-refractivity contribution in [3.8, 4) is 11.5 Å². The lowest BCUT2D eigenvalue weighted by molar-refractivity contribution is -0.117. The summed E-state index contributed by atoms with van der Waals surface area (Å²) in [6, 6.07) is 14.9. The number of ether oxygens (including phenoxy) is 2. The SMILES string of the molecule is C=CC(=O)NCCCCOc1ccccc1N=Nc1ccccc1OCCCCNC(=O)C=C. The molecule has 2 amide bonds. The van der Waals surface area contributed by atoms with Crippen molar-refractivity contribution in [2.75, 3.05) is 26.3 Å². The van der Waals surface area contributed by atoms with Crippen LogP contribution in [0, 0.1) is 0 Å². The predicted octanol–water partition coefficient (Wildman–Crippen LogP) is 5.02. The lowest BCUT2D eigenvalue weighted by Gasteiger charge is -2.09. The van der Waals surface area contributed by atoms with Gasteiger partial charge in [0, 0.05) is 13.1 Å². The maximum absolute atomic E-state index is 11.1. The average Bonchev–Trinajstić information content (AvgIpc) is 2.87. The summed E-state index contributed by atoms with van der Waals surface area (Å²) in [4.78, 5) is 22.3. The summed E-state index contributed by atoms with van der Waals surface area (Å²) in [6.45, 7) is 9.01. The van der Waals surface area contributed by atoms with E-state index in [1.54, 1.807) is 0 Å². The number of rotatable bonds is 16. The van der Waals surface area contributed by atoms with E-state index in [0.29, 0.717) is 49.2 Å². The number of para-hydroxylation sites is 2. The van der Waals surface area contributed by atoms with Crippen molar-refractivity contribution in [2.24, 2.45) is 10.2 Å². The van der Waals surface area contributed by atoms with Gasteiger partial charge in [0.1, 0.15) is 22.9 Å². The van der Waals surface area contributed by atoms with Crippen LogP contribution in [0.1, 0.15) is 25.7 Å². The molecule has 0 heterocycles. The molecule has 0 aliphatic rings. The fraction of sp³-hybridized carbons (Fsp3) is 0.308. The molecule has 2 N–H and O–H groups in total. The van der Waals surface area contributed by atoms with Crippen LogP contribution in [-0.4, -0.2) is 38.1 Å². The molecule has 34 heavy (non-hydrogen) atoms. The van der Waals surface area contributed by atoms with Gasteiger partial charge in [-0.1, -0.05) is 37.4 Å². The predicted molar refractivity (Wildman–Crippen MR) is 133 cm³/mol. The Balaban J connectivity index is 1.84. The molecule has 0 aliphatic carbocycles. The fourth-order valence-electron chi connectivity index (χ4n) is 2.82. The van der Waals surface area contributed by atoms with E-state index in [0.717, 1.165) is 25.7 Å². The van der Waals surface area contributed by atoms with Crippen LogP contribution in [0.2, 0.25) is 0 Å². The molecule has 0 unspecified atom stereocenters. The standard InChI is InChI=1S/C26H32N4O4/c1-3-25(31)27-17-9-11-19-33-23-15-7-5-13-21(23)29-30-22-14-6-8-16-24(22)34-20-12-10-18-28-26(32)4-2/h3-8,13-16H,1-2,9-12,17-20H2,(H,27,31)(H,28,32). The molecule has 0 fully saturated rings. The van der Waals surface area contributed by atoms with Crippen LogP contribution >= 0.6 is 0 Å². The van der Waals surface area contributed by atoms with Gasteiger partial charge in [0.05, 0.1) is 13.2 Å². The summed E-state index contributed by atoms with van der Waals surface area (Å²) in [7, 11) is 0. The highest BCUT2D eigenvalue weighted by atomic mass is 16.5. The number of hydrogen-bond acceptors (Lipinski definition) is 6. The van der Waals surface area contributed by atoms with Gasteiger partial charge in [-0.2, -0.15) is 0 Å². The zero-order valence-electron chi connectivity index (χ0n) is 19.4. The summed E-state index contributed by atoms with van der Waals surface area (Å²) in [5, 5.41) is 14.2. The maximum atomic E-state index is 11.1. The van der Waals surface area contributed by atoms with E-state index in [4.69, 9.17) is 9.47 Å². The van der Waals surface area contributed by atoms with Gasteiger partial charge in [0.25, 0.3) is 0 Å². The lowest BCUT2D eigenvalue weighted by atomic mass is 10.3. The third-order valence-corrected chi connectivity index (χ3v) is 4.62. The average molecular weight is 465 g/mol. The summed E-state index contributed by atoms with van der Waals surface area (Å²) in [5.41, 5.74) is 1.24. The maximum Gasteiger partial charge on any atom is 0.243 e. The van der Waals surface area contributed by atoms with E-state index in [-0.39, 0.29) is 11.8 Å². The summed E-state index contributed by atoms with van der Waals surface area (Å²) in [5.74, 6) is 0.934. The van der Waals surface area contributed by atoms with E-state index >= 15 is 0 Å². The van der Waals surface area contributed by atoms with Crippen molar-refractivity contribution < 1.29 is 19.1 Å². The summed E-state index contributed by atoms with van der Waals surface area (Å²) >= 11 is 0. The molecule has 8 nitrogen and oxygen atoms in total. The molecule has 2 rings (SSSR count). The van der Waals surface area contributed by atoms with Crippen molar-refractivity contribution in [1.29, 1.82) is 0 Å². The van der Waals surface area contributed by atoms with Gasteiger partial charge >= 0.3 is 0 Å². The fourth-order valence-corrected chi connectivity index (χ4v) is 2.82. The third-order valence-electron chi connectivity index (χ3n) is 4.62. The summed E-state index contributed by atoms with van der Waals surface area (Å²) < 4.78 is 11.7. The quantitative estimate of drug-likeness (QED) is 0.207. The van der Waals surface area contributed by atoms with Crippen LogP contribution in [0.4, 0.5) is 11.4 Å². The number of carbonyl (C=O) groups is 2. The van der Waals surface area contributed by atoms with Crippen LogP contribution in [-0.2, 0) is 9.59 Å². The largest absolute Gasteiger partial charge is 0.491 e. The monoisotopic (exact) mass is 464 g/mol. The first-order valence-corrected chi connectivity index (χ1v) is 11.3. The van der Waals surface area contributed by atoms with Crippen LogP contribution in [0.25, 0.3) is 0 Å². The van der Waals surface area contributed by atoms with E-state index < -0.39 is 0 Å². The van der Waals surface area contributed by atoms with Crippen molar-refractivity contribution >= 4 is 23.2 Å². The molecule has 0 atom stereocenters. The van der Waals surface area contributed by atoms with Gasteiger partial charge in [-0.3, -0.25) is 9.59 Å². The number of benzene rings is 2. The van der Waals surface area contributed by atoms with Crippen molar-refractivity contribution in [2.45, 2.75) is 25.7 Å². The van der Waals surface area contributed by atoms with E-state index in [9.17, 15) is 9.59 Å². The Labute approximate surface area is 200 Å². The molecule has 2 aromatic carbocycles. The van der Waals surface area contributed by atoms with Gasteiger partial charge in [-0.15, -0.1) is 10.2 Å². The van der Waals surface area contributed by atoms with Gasteiger partial charge in [0.15, 0.2) is 0 Å². The number of azo groups is 1. The number of carbonyl (C=O) groups excluding carboxylic acids is 2. The van der Waals surface area contributed by atoms with Crippen LogP contribution in [0.3, 0.4) is 0 Å². The molecule has 0 saturated heterocycles. The molecular formula is C26H32N4O4. The van der Waals surface area contributed by atoms with Crippen LogP contribution < -0.4 is 20.1 Å². The molecule has 0 spiro atoms. The zero-order valence-corrected chi connectivity index (χ0v) is 19.4. The molecule has 0 bridgehead atoms. The van der Waals surface area contributed by atoms with E-state index in [2.05, 4.69) is 34.0 Å².